The third kappa shape index (κ3) is 2.99. The normalized spacial score (nSPS) is 19.3. The lowest BCUT2D eigenvalue weighted by molar-refractivity contribution is 0.873. The molecule has 0 bridgehead atoms. The van der Waals surface area contributed by atoms with Crippen LogP contribution < -0.4 is 5.73 Å². The molecule has 0 saturated heterocycles. The molecule has 1 atom stereocenters. The third-order valence-electron chi connectivity index (χ3n) is 3.04. The largest absolute Gasteiger partial charge is 0.329 e. The first-order valence-electron chi connectivity index (χ1n) is 5.80. The maximum atomic E-state index is 5.86. The minimum absolute atomic E-state index is 0.495. The molecular weight excluding hydrogens is 202 g/mol. The van der Waals surface area contributed by atoms with E-state index in [1.165, 1.54) is 31.2 Å². The molecule has 0 aliphatic heterocycles. The average Bonchev–Trinajstić information content (AvgIpc) is 2.80. The van der Waals surface area contributed by atoms with Crippen molar-refractivity contribution in [2.45, 2.75) is 36.2 Å². The van der Waals surface area contributed by atoms with Gasteiger partial charge in [-0.3, -0.25) is 0 Å². The van der Waals surface area contributed by atoms with E-state index in [0.717, 1.165) is 11.8 Å². The second-order valence-electron chi connectivity index (χ2n) is 4.18. The van der Waals surface area contributed by atoms with Gasteiger partial charge in [-0.05, 0) is 18.4 Å². The Hall–Kier alpha value is -0.470. The molecule has 0 spiro atoms. The molecule has 0 heterocycles. The van der Waals surface area contributed by atoms with E-state index < -0.39 is 0 Å². The Balaban J connectivity index is 1.97. The molecule has 1 nitrogen and oxygen atoms in total. The van der Waals surface area contributed by atoms with Gasteiger partial charge in [0.25, 0.3) is 0 Å². The number of nitrogens with two attached hydrogens (primary N) is 1. The molecular formula is C13H19NS. The minimum Gasteiger partial charge on any atom is -0.329 e. The Morgan fingerprint density at radius 3 is 2.47 bits per heavy atom. The summed E-state index contributed by atoms with van der Waals surface area (Å²) in [6.45, 7) is 0.755. The van der Waals surface area contributed by atoms with E-state index in [0.29, 0.717) is 5.25 Å². The zero-order valence-corrected chi connectivity index (χ0v) is 9.88. The molecule has 2 rings (SSSR count). The van der Waals surface area contributed by atoms with Crippen LogP contribution in [-0.2, 0) is 0 Å². The Morgan fingerprint density at radius 2 is 1.87 bits per heavy atom. The maximum absolute atomic E-state index is 5.86. The summed E-state index contributed by atoms with van der Waals surface area (Å²) in [7, 11) is 0. The highest BCUT2D eigenvalue weighted by Crippen LogP contribution is 2.38. The molecule has 1 fully saturated rings. The van der Waals surface area contributed by atoms with E-state index in [1.807, 2.05) is 0 Å². The first-order chi connectivity index (χ1) is 7.40. The topological polar surface area (TPSA) is 26.0 Å². The molecule has 1 saturated carbocycles. The van der Waals surface area contributed by atoms with Gasteiger partial charge in [-0.1, -0.05) is 43.2 Å². The van der Waals surface area contributed by atoms with Crippen LogP contribution in [0.25, 0.3) is 0 Å². The van der Waals surface area contributed by atoms with Crippen LogP contribution in [0, 0.1) is 0 Å². The van der Waals surface area contributed by atoms with Gasteiger partial charge in [-0.15, -0.1) is 11.8 Å². The predicted octanol–water partition coefficient (Wildman–Crippen LogP) is 3.36. The summed E-state index contributed by atoms with van der Waals surface area (Å²) in [5.41, 5.74) is 7.25. The van der Waals surface area contributed by atoms with Gasteiger partial charge in [-0.25, -0.2) is 0 Å². The Labute approximate surface area is 96.4 Å². The predicted molar refractivity (Wildman–Crippen MR) is 68.1 cm³/mol. The Kier molecular flexibility index (Phi) is 4.09. The van der Waals surface area contributed by atoms with Crippen LogP contribution in [0.1, 0.15) is 36.5 Å². The molecule has 0 amide bonds. The third-order valence-corrected chi connectivity index (χ3v) is 4.69. The van der Waals surface area contributed by atoms with Crippen molar-refractivity contribution in [3.63, 3.8) is 0 Å². The summed E-state index contributed by atoms with van der Waals surface area (Å²) < 4.78 is 0. The molecule has 1 aliphatic rings. The summed E-state index contributed by atoms with van der Waals surface area (Å²) in [5, 5.41) is 1.34. The van der Waals surface area contributed by atoms with Gasteiger partial charge in [0.15, 0.2) is 0 Å². The molecule has 1 unspecified atom stereocenters. The molecule has 1 aromatic carbocycles. The number of rotatable bonds is 4. The van der Waals surface area contributed by atoms with E-state index in [9.17, 15) is 0 Å². The number of benzene rings is 1. The van der Waals surface area contributed by atoms with Crippen LogP contribution in [0.3, 0.4) is 0 Å². The Morgan fingerprint density at radius 1 is 1.20 bits per heavy atom. The quantitative estimate of drug-likeness (QED) is 0.843. The second kappa shape index (κ2) is 5.57. The van der Waals surface area contributed by atoms with Gasteiger partial charge in [0.05, 0.1) is 0 Å². The van der Waals surface area contributed by atoms with Crippen LogP contribution >= 0.6 is 11.8 Å². The van der Waals surface area contributed by atoms with Crippen LogP contribution in [0.4, 0.5) is 0 Å². The average molecular weight is 221 g/mol. The fourth-order valence-electron chi connectivity index (χ4n) is 2.19. The van der Waals surface area contributed by atoms with Crippen molar-refractivity contribution >= 4 is 11.8 Å². The van der Waals surface area contributed by atoms with E-state index in [4.69, 9.17) is 5.73 Å². The zero-order valence-electron chi connectivity index (χ0n) is 9.06. The number of hydrogen-bond acceptors (Lipinski definition) is 2. The van der Waals surface area contributed by atoms with E-state index in [-0.39, 0.29) is 0 Å². The van der Waals surface area contributed by atoms with Crippen LogP contribution in [-0.4, -0.2) is 11.8 Å². The smallest absolute Gasteiger partial charge is 0.0422 e. The molecule has 2 N–H and O–H groups in total. The van der Waals surface area contributed by atoms with E-state index >= 15 is 0 Å². The molecule has 2 heteroatoms. The van der Waals surface area contributed by atoms with E-state index in [2.05, 4.69) is 42.1 Å². The van der Waals surface area contributed by atoms with Gasteiger partial charge >= 0.3 is 0 Å². The highest BCUT2D eigenvalue weighted by molar-refractivity contribution is 8.00. The number of hydrogen-bond donors (Lipinski definition) is 1. The second-order valence-corrected chi connectivity index (χ2v) is 5.69. The molecule has 82 valence electrons. The molecule has 1 aliphatic carbocycles. The zero-order chi connectivity index (χ0) is 10.5. The van der Waals surface area contributed by atoms with Crippen molar-refractivity contribution in [2.24, 2.45) is 5.73 Å². The van der Waals surface area contributed by atoms with E-state index in [1.54, 1.807) is 0 Å². The van der Waals surface area contributed by atoms with Crippen molar-refractivity contribution in [1.29, 1.82) is 0 Å². The lowest BCUT2D eigenvalue weighted by Crippen LogP contribution is -2.12. The van der Waals surface area contributed by atoms with Gasteiger partial charge < -0.3 is 5.73 Å². The summed E-state index contributed by atoms with van der Waals surface area (Å²) in [6, 6.07) is 10.7. The summed E-state index contributed by atoms with van der Waals surface area (Å²) in [4.78, 5) is 0. The number of thioether (sulfide) groups is 1. The summed E-state index contributed by atoms with van der Waals surface area (Å²) >= 11 is 2.08. The van der Waals surface area contributed by atoms with Crippen LogP contribution in [0.2, 0.25) is 0 Å². The van der Waals surface area contributed by atoms with Gasteiger partial charge in [0, 0.05) is 17.0 Å². The summed E-state index contributed by atoms with van der Waals surface area (Å²) in [5.74, 6) is 0. The highest BCUT2D eigenvalue weighted by Gasteiger charge is 2.20. The fourth-order valence-corrected chi connectivity index (χ4v) is 3.69. The monoisotopic (exact) mass is 221 g/mol. The molecule has 15 heavy (non-hydrogen) atoms. The standard InChI is InChI=1S/C13H19NS/c14-10-13(11-6-2-1-3-7-11)15-12-8-4-5-9-12/h1-3,6-7,12-13H,4-5,8-10,14H2. The van der Waals surface area contributed by atoms with Gasteiger partial charge in [0.2, 0.25) is 0 Å². The molecule has 0 aromatic heterocycles. The summed E-state index contributed by atoms with van der Waals surface area (Å²) in [6.07, 6.45) is 5.58. The maximum Gasteiger partial charge on any atom is 0.0422 e. The fraction of sp³-hybridized carbons (Fsp3) is 0.538. The van der Waals surface area contributed by atoms with Crippen molar-refractivity contribution in [1.82, 2.24) is 0 Å². The van der Waals surface area contributed by atoms with Crippen molar-refractivity contribution in [2.75, 3.05) is 6.54 Å². The first kappa shape index (κ1) is 11.0. The lowest BCUT2D eigenvalue weighted by atomic mass is 10.1. The first-order valence-corrected chi connectivity index (χ1v) is 6.75. The van der Waals surface area contributed by atoms with Crippen molar-refractivity contribution in [3.05, 3.63) is 35.9 Å². The van der Waals surface area contributed by atoms with Crippen LogP contribution in [0.15, 0.2) is 30.3 Å². The minimum atomic E-state index is 0.495. The van der Waals surface area contributed by atoms with Crippen molar-refractivity contribution in [3.8, 4) is 0 Å². The van der Waals surface area contributed by atoms with Gasteiger partial charge in [-0.2, -0.15) is 0 Å². The van der Waals surface area contributed by atoms with Crippen molar-refractivity contribution < 1.29 is 0 Å². The Bertz CT molecular complexity index is 280. The molecule has 0 radical (unpaired) electrons. The SMILES string of the molecule is NCC(SC1CCCC1)c1ccccc1. The highest BCUT2D eigenvalue weighted by atomic mass is 32.2. The van der Waals surface area contributed by atoms with Crippen LogP contribution in [0.5, 0.6) is 0 Å². The van der Waals surface area contributed by atoms with Gasteiger partial charge in [0.1, 0.15) is 0 Å². The molecule has 1 aromatic rings. The lowest BCUT2D eigenvalue weighted by Gasteiger charge is -2.18.